The third-order valence-electron chi connectivity index (χ3n) is 3.66. The molecule has 0 aromatic heterocycles. The summed E-state index contributed by atoms with van der Waals surface area (Å²) in [5.41, 5.74) is 8.12. The first-order valence-corrected chi connectivity index (χ1v) is 6.66. The first kappa shape index (κ1) is 14.6. The lowest BCUT2D eigenvalue weighted by Gasteiger charge is -2.22. The fourth-order valence-electron chi connectivity index (χ4n) is 2.19. The Hall–Kier alpha value is -1.51. The third-order valence-corrected chi connectivity index (χ3v) is 3.66. The molecule has 0 heterocycles. The lowest BCUT2D eigenvalue weighted by molar-refractivity contribution is 0.0925. The van der Waals surface area contributed by atoms with Crippen molar-refractivity contribution in [3.63, 3.8) is 0 Å². The maximum absolute atomic E-state index is 12.1. The molecule has 0 saturated carbocycles. The van der Waals surface area contributed by atoms with Gasteiger partial charge in [0.15, 0.2) is 0 Å². The Morgan fingerprint density at radius 3 is 2.44 bits per heavy atom. The van der Waals surface area contributed by atoms with Gasteiger partial charge in [-0.05, 0) is 37.5 Å². The van der Waals surface area contributed by atoms with Crippen LogP contribution in [-0.2, 0) is 0 Å². The van der Waals surface area contributed by atoms with Gasteiger partial charge in [-0.1, -0.05) is 32.8 Å². The second-order valence-corrected chi connectivity index (χ2v) is 4.91. The van der Waals surface area contributed by atoms with Crippen molar-refractivity contribution in [2.24, 2.45) is 5.92 Å². The van der Waals surface area contributed by atoms with Crippen LogP contribution in [0.25, 0.3) is 0 Å². The first-order chi connectivity index (χ1) is 8.49. The molecule has 0 saturated heterocycles. The van der Waals surface area contributed by atoms with E-state index in [1.54, 1.807) is 6.07 Å². The number of nitrogens with two attached hydrogens (primary N) is 1. The Bertz CT molecular complexity index is 411. The number of amides is 1. The van der Waals surface area contributed by atoms with Crippen molar-refractivity contribution in [2.75, 3.05) is 5.73 Å². The minimum atomic E-state index is -0.0406. The van der Waals surface area contributed by atoms with Crippen LogP contribution in [0.4, 0.5) is 5.69 Å². The zero-order valence-electron chi connectivity index (χ0n) is 11.8. The molecule has 1 atom stereocenters. The molecule has 1 rings (SSSR count). The van der Waals surface area contributed by atoms with Crippen LogP contribution >= 0.6 is 0 Å². The second-order valence-electron chi connectivity index (χ2n) is 4.91. The molecular formula is C15H24N2O. The van der Waals surface area contributed by atoms with Gasteiger partial charge >= 0.3 is 0 Å². The van der Waals surface area contributed by atoms with Gasteiger partial charge in [0.05, 0.1) is 0 Å². The van der Waals surface area contributed by atoms with Crippen molar-refractivity contribution in [2.45, 2.75) is 46.6 Å². The molecule has 3 N–H and O–H groups in total. The Kier molecular flexibility index (Phi) is 5.20. The van der Waals surface area contributed by atoms with Crippen LogP contribution < -0.4 is 11.1 Å². The van der Waals surface area contributed by atoms with Crippen molar-refractivity contribution in [1.29, 1.82) is 0 Å². The van der Waals surface area contributed by atoms with Gasteiger partial charge in [-0.25, -0.2) is 0 Å². The van der Waals surface area contributed by atoms with Crippen molar-refractivity contribution < 1.29 is 4.79 Å². The molecule has 0 spiro atoms. The quantitative estimate of drug-likeness (QED) is 0.787. The molecule has 3 nitrogen and oxygen atoms in total. The van der Waals surface area contributed by atoms with E-state index in [4.69, 9.17) is 5.73 Å². The van der Waals surface area contributed by atoms with Gasteiger partial charge in [0, 0.05) is 17.3 Å². The first-order valence-electron chi connectivity index (χ1n) is 6.66. The van der Waals surface area contributed by atoms with Gasteiger partial charge in [-0.3, -0.25) is 4.79 Å². The summed E-state index contributed by atoms with van der Waals surface area (Å²) in [5.74, 6) is 0.484. The fraction of sp³-hybridized carbons (Fsp3) is 0.533. The normalized spacial score (nSPS) is 12.5. The molecule has 0 radical (unpaired) electrons. The Morgan fingerprint density at radius 1 is 1.33 bits per heavy atom. The number of nitrogen functional groups attached to an aromatic ring is 1. The molecule has 1 amide bonds. The van der Waals surface area contributed by atoms with Gasteiger partial charge in [-0.15, -0.1) is 0 Å². The van der Waals surface area contributed by atoms with E-state index in [-0.39, 0.29) is 11.9 Å². The molecule has 0 aliphatic rings. The molecule has 3 heteroatoms. The van der Waals surface area contributed by atoms with Crippen molar-refractivity contribution >= 4 is 11.6 Å². The molecule has 0 fully saturated rings. The van der Waals surface area contributed by atoms with Crippen molar-refractivity contribution in [3.05, 3.63) is 29.3 Å². The van der Waals surface area contributed by atoms with E-state index in [1.165, 1.54) is 0 Å². The minimum absolute atomic E-state index is 0.0406. The standard InChI is InChI=1S/C15H24N2O/c1-5-12(6-2)11(4)17-15(18)13-8-7-10(3)14(16)9-13/h7-9,11-12H,5-6,16H2,1-4H3,(H,17,18). The Morgan fingerprint density at radius 2 is 1.94 bits per heavy atom. The van der Waals surface area contributed by atoms with E-state index in [0.29, 0.717) is 17.2 Å². The highest BCUT2D eigenvalue weighted by molar-refractivity contribution is 5.95. The summed E-state index contributed by atoms with van der Waals surface area (Å²) in [6, 6.07) is 5.63. The Labute approximate surface area is 110 Å². The highest BCUT2D eigenvalue weighted by Gasteiger charge is 2.16. The summed E-state index contributed by atoms with van der Waals surface area (Å²) >= 11 is 0. The van der Waals surface area contributed by atoms with Crippen LogP contribution in [0, 0.1) is 12.8 Å². The van der Waals surface area contributed by atoms with Crippen LogP contribution in [0.3, 0.4) is 0 Å². The van der Waals surface area contributed by atoms with Crippen LogP contribution in [-0.4, -0.2) is 11.9 Å². The van der Waals surface area contributed by atoms with Gasteiger partial charge in [0.25, 0.3) is 5.91 Å². The largest absolute Gasteiger partial charge is 0.398 e. The summed E-state index contributed by atoms with van der Waals surface area (Å²) < 4.78 is 0. The molecule has 18 heavy (non-hydrogen) atoms. The maximum atomic E-state index is 12.1. The zero-order chi connectivity index (χ0) is 13.7. The molecule has 0 aliphatic heterocycles. The summed E-state index contributed by atoms with van der Waals surface area (Å²) in [7, 11) is 0. The van der Waals surface area contributed by atoms with E-state index in [1.807, 2.05) is 19.1 Å². The summed E-state index contributed by atoms with van der Waals surface area (Å²) in [6.07, 6.45) is 2.15. The van der Waals surface area contributed by atoms with E-state index in [0.717, 1.165) is 18.4 Å². The average molecular weight is 248 g/mol. The van der Waals surface area contributed by atoms with Crippen LogP contribution in [0.5, 0.6) is 0 Å². The average Bonchev–Trinajstić information content (AvgIpc) is 2.34. The maximum Gasteiger partial charge on any atom is 0.251 e. The lowest BCUT2D eigenvalue weighted by Crippen LogP contribution is -2.37. The van der Waals surface area contributed by atoms with Gasteiger partial charge in [0.2, 0.25) is 0 Å². The molecule has 1 unspecified atom stereocenters. The number of carbonyl (C=O) groups is 1. The van der Waals surface area contributed by atoms with Crippen LogP contribution in [0.1, 0.15) is 49.5 Å². The van der Waals surface area contributed by atoms with E-state index in [9.17, 15) is 4.79 Å². The van der Waals surface area contributed by atoms with Gasteiger partial charge in [0.1, 0.15) is 0 Å². The van der Waals surface area contributed by atoms with Crippen LogP contribution in [0.15, 0.2) is 18.2 Å². The topological polar surface area (TPSA) is 55.1 Å². The number of aryl methyl sites for hydroxylation is 1. The van der Waals surface area contributed by atoms with E-state index < -0.39 is 0 Å². The van der Waals surface area contributed by atoms with E-state index >= 15 is 0 Å². The number of anilines is 1. The number of benzene rings is 1. The minimum Gasteiger partial charge on any atom is -0.398 e. The molecule has 0 aliphatic carbocycles. The van der Waals surface area contributed by atoms with Gasteiger partial charge < -0.3 is 11.1 Å². The Balaban J connectivity index is 2.73. The lowest BCUT2D eigenvalue weighted by atomic mass is 9.95. The molecule has 1 aromatic carbocycles. The highest BCUT2D eigenvalue weighted by Crippen LogP contribution is 2.15. The van der Waals surface area contributed by atoms with Gasteiger partial charge in [-0.2, -0.15) is 0 Å². The monoisotopic (exact) mass is 248 g/mol. The third kappa shape index (κ3) is 3.49. The number of hydrogen-bond acceptors (Lipinski definition) is 2. The number of nitrogens with one attached hydrogen (secondary N) is 1. The molecule has 0 bridgehead atoms. The summed E-state index contributed by atoms with van der Waals surface area (Å²) in [4.78, 5) is 12.1. The smallest absolute Gasteiger partial charge is 0.251 e. The number of carbonyl (C=O) groups excluding carboxylic acids is 1. The second kappa shape index (κ2) is 6.43. The summed E-state index contributed by atoms with van der Waals surface area (Å²) in [5, 5.41) is 3.05. The predicted octanol–water partition coefficient (Wildman–Crippen LogP) is 3.13. The number of rotatable bonds is 5. The summed E-state index contributed by atoms with van der Waals surface area (Å²) in [6.45, 7) is 8.30. The molecule has 100 valence electrons. The molecule has 1 aromatic rings. The van der Waals surface area contributed by atoms with Crippen molar-refractivity contribution in [1.82, 2.24) is 5.32 Å². The number of hydrogen-bond donors (Lipinski definition) is 2. The predicted molar refractivity (Wildman–Crippen MR) is 76.6 cm³/mol. The van der Waals surface area contributed by atoms with Crippen molar-refractivity contribution in [3.8, 4) is 0 Å². The SMILES string of the molecule is CCC(CC)C(C)NC(=O)c1ccc(C)c(N)c1. The zero-order valence-corrected chi connectivity index (χ0v) is 11.8. The molecular weight excluding hydrogens is 224 g/mol. The fourth-order valence-corrected chi connectivity index (χ4v) is 2.19. The van der Waals surface area contributed by atoms with E-state index in [2.05, 4.69) is 26.1 Å². The van der Waals surface area contributed by atoms with Crippen LogP contribution in [0.2, 0.25) is 0 Å². The highest BCUT2D eigenvalue weighted by atomic mass is 16.1.